The molecular weight excluding hydrogens is 267 g/mol. The largest absolute Gasteiger partial charge is 0.342 e. The van der Waals surface area contributed by atoms with E-state index in [-0.39, 0.29) is 17.6 Å². The van der Waals surface area contributed by atoms with Gasteiger partial charge < -0.3 is 10.6 Å². The lowest BCUT2D eigenvalue weighted by Gasteiger charge is -2.35. The molecule has 2 aliphatic rings. The molecule has 0 radical (unpaired) electrons. The van der Waals surface area contributed by atoms with Gasteiger partial charge in [-0.25, -0.2) is 4.39 Å². The summed E-state index contributed by atoms with van der Waals surface area (Å²) in [5.41, 5.74) is 6.36. The number of carbonyl (C=O) groups excluding carboxylic acids is 1. The third kappa shape index (κ3) is 3.10. The summed E-state index contributed by atoms with van der Waals surface area (Å²) in [6, 6.07) is 6.91. The maximum atomic E-state index is 13.8. The van der Waals surface area contributed by atoms with Crippen molar-refractivity contribution in [2.45, 2.75) is 31.6 Å². The Morgan fingerprint density at radius 2 is 2.05 bits per heavy atom. The Balaban J connectivity index is 1.53. The normalized spacial score (nSPS) is 28.5. The van der Waals surface area contributed by atoms with E-state index in [1.165, 1.54) is 6.07 Å². The average Bonchev–Trinajstić information content (AvgIpc) is 2.92. The smallest absolute Gasteiger partial charge is 0.222 e. The minimum atomic E-state index is -0.151. The molecule has 21 heavy (non-hydrogen) atoms. The van der Waals surface area contributed by atoms with E-state index < -0.39 is 0 Å². The number of rotatable bonds is 4. The highest BCUT2D eigenvalue weighted by atomic mass is 19.1. The topological polar surface area (TPSA) is 46.3 Å². The molecular formula is C17H23FN2O. The van der Waals surface area contributed by atoms with Crippen molar-refractivity contribution in [1.82, 2.24) is 4.90 Å². The first kappa shape index (κ1) is 14.5. The van der Waals surface area contributed by atoms with E-state index in [0.717, 1.165) is 37.9 Å². The summed E-state index contributed by atoms with van der Waals surface area (Å²) in [5, 5.41) is 0. The molecule has 0 aromatic heterocycles. The molecule has 1 amide bonds. The van der Waals surface area contributed by atoms with E-state index in [0.29, 0.717) is 24.8 Å². The Kier molecular flexibility index (Phi) is 4.24. The fourth-order valence-corrected chi connectivity index (χ4v) is 3.66. The fourth-order valence-electron chi connectivity index (χ4n) is 3.66. The molecule has 1 saturated heterocycles. The summed E-state index contributed by atoms with van der Waals surface area (Å²) in [4.78, 5) is 14.2. The maximum absolute atomic E-state index is 13.8. The first-order chi connectivity index (χ1) is 10.2. The molecule has 1 heterocycles. The van der Waals surface area contributed by atoms with E-state index in [1.807, 2.05) is 17.0 Å². The van der Waals surface area contributed by atoms with E-state index in [2.05, 4.69) is 0 Å². The lowest BCUT2D eigenvalue weighted by molar-refractivity contribution is -0.132. The first-order valence-electron chi connectivity index (χ1n) is 7.89. The quantitative estimate of drug-likeness (QED) is 0.926. The zero-order valence-corrected chi connectivity index (χ0v) is 12.3. The second-order valence-electron chi connectivity index (χ2n) is 6.49. The first-order valence-corrected chi connectivity index (χ1v) is 7.89. The van der Waals surface area contributed by atoms with Crippen molar-refractivity contribution >= 4 is 5.91 Å². The summed E-state index contributed by atoms with van der Waals surface area (Å²) in [7, 11) is 0. The van der Waals surface area contributed by atoms with E-state index in [1.54, 1.807) is 6.07 Å². The predicted octanol–water partition coefficient (Wildman–Crippen LogP) is 2.52. The Morgan fingerprint density at radius 1 is 1.29 bits per heavy atom. The summed E-state index contributed by atoms with van der Waals surface area (Å²) < 4.78 is 13.8. The molecule has 0 spiro atoms. The van der Waals surface area contributed by atoms with E-state index >= 15 is 0 Å². The van der Waals surface area contributed by atoms with Crippen LogP contribution in [0.4, 0.5) is 4.39 Å². The molecule has 2 fully saturated rings. The van der Waals surface area contributed by atoms with Gasteiger partial charge in [0.05, 0.1) is 0 Å². The van der Waals surface area contributed by atoms with Crippen molar-refractivity contribution in [2.75, 3.05) is 19.6 Å². The Labute approximate surface area is 125 Å². The third-order valence-corrected chi connectivity index (χ3v) is 5.02. The van der Waals surface area contributed by atoms with Crippen LogP contribution in [0.5, 0.6) is 0 Å². The van der Waals surface area contributed by atoms with Gasteiger partial charge in [-0.1, -0.05) is 18.2 Å². The molecule has 1 saturated carbocycles. The van der Waals surface area contributed by atoms with Gasteiger partial charge in [0.2, 0.25) is 5.91 Å². The Morgan fingerprint density at radius 3 is 2.76 bits per heavy atom. The standard InChI is InChI=1S/C17H23FN2O/c18-16-4-2-1-3-15(16)14-5-6-20(11-14)17(21)9-12-7-13(8-12)10-19/h1-4,12-14H,5-11,19H2. The highest BCUT2D eigenvalue weighted by Crippen LogP contribution is 2.36. The van der Waals surface area contributed by atoms with Crippen molar-refractivity contribution in [1.29, 1.82) is 0 Å². The van der Waals surface area contributed by atoms with Crippen molar-refractivity contribution < 1.29 is 9.18 Å². The van der Waals surface area contributed by atoms with Crippen molar-refractivity contribution in [3.63, 3.8) is 0 Å². The van der Waals surface area contributed by atoms with Crippen LogP contribution in [0.3, 0.4) is 0 Å². The van der Waals surface area contributed by atoms with Crippen LogP contribution in [0.2, 0.25) is 0 Å². The van der Waals surface area contributed by atoms with Crippen molar-refractivity contribution in [2.24, 2.45) is 17.6 Å². The lowest BCUT2D eigenvalue weighted by atomic mass is 9.73. The third-order valence-electron chi connectivity index (χ3n) is 5.02. The number of hydrogen-bond acceptors (Lipinski definition) is 2. The molecule has 1 aliphatic carbocycles. The lowest BCUT2D eigenvalue weighted by Crippen LogP contribution is -2.36. The molecule has 1 aliphatic heterocycles. The molecule has 1 aromatic carbocycles. The maximum Gasteiger partial charge on any atom is 0.222 e. The second-order valence-corrected chi connectivity index (χ2v) is 6.49. The van der Waals surface area contributed by atoms with Gasteiger partial charge in [0.15, 0.2) is 0 Å². The Hall–Kier alpha value is -1.42. The molecule has 114 valence electrons. The number of likely N-dealkylation sites (tertiary alicyclic amines) is 1. The van der Waals surface area contributed by atoms with E-state index in [4.69, 9.17) is 5.73 Å². The minimum Gasteiger partial charge on any atom is -0.342 e. The van der Waals surface area contributed by atoms with Gasteiger partial charge in [-0.05, 0) is 49.3 Å². The molecule has 3 nitrogen and oxygen atoms in total. The van der Waals surface area contributed by atoms with Gasteiger partial charge in [-0.3, -0.25) is 4.79 Å². The molecule has 1 unspecified atom stereocenters. The van der Waals surface area contributed by atoms with Gasteiger partial charge in [-0.15, -0.1) is 0 Å². The summed E-state index contributed by atoms with van der Waals surface area (Å²) in [6.45, 7) is 2.15. The SMILES string of the molecule is NCC1CC(CC(=O)N2CCC(c3ccccc3F)C2)C1. The summed E-state index contributed by atoms with van der Waals surface area (Å²) in [5.74, 6) is 1.36. The number of halogens is 1. The van der Waals surface area contributed by atoms with Crippen LogP contribution < -0.4 is 5.73 Å². The molecule has 0 bridgehead atoms. The number of amides is 1. The molecule has 2 N–H and O–H groups in total. The Bertz CT molecular complexity index is 513. The zero-order valence-electron chi connectivity index (χ0n) is 12.3. The van der Waals surface area contributed by atoms with Crippen molar-refractivity contribution in [3.05, 3.63) is 35.6 Å². The van der Waals surface area contributed by atoms with Gasteiger partial charge in [-0.2, -0.15) is 0 Å². The second kappa shape index (κ2) is 6.14. The monoisotopic (exact) mass is 290 g/mol. The number of nitrogens with two attached hydrogens (primary N) is 1. The number of nitrogens with zero attached hydrogens (tertiary/aromatic N) is 1. The summed E-state index contributed by atoms with van der Waals surface area (Å²) >= 11 is 0. The summed E-state index contributed by atoms with van der Waals surface area (Å²) in [6.07, 6.45) is 3.68. The van der Waals surface area contributed by atoms with Crippen LogP contribution in [0.15, 0.2) is 24.3 Å². The molecule has 3 rings (SSSR count). The predicted molar refractivity (Wildman–Crippen MR) is 80.2 cm³/mol. The number of hydrogen-bond donors (Lipinski definition) is 1. The van der Waals surface area contributed by atoms with Crippen LogP contribution in [-0.4, -0.2) is 30.4 Å². The van der Waals surface area contributed by atoms with Crippen molar-refractivity contribution in [3.8, 4) is 0 Å². The molecule has 4 heteroatoms. The number of benzene rings is 1. The van der Waals surface area contributed by atoms with E-state index in [9.17, 15) is 9.18 Å². The van der Waals surface area contributed by atoms with Crippen LogP contribution in [0.25, 0.3) is 0 Å². The van der Waals surface area contributed by atoms with Gasteiger partial charge in [0.1, 0.15) is 5.82 Å². The zero-order chi connectivity index (χ0) is 14.8. The van der Waals surface area contributed by atoms with Crippen LogP contribution in [0, 0.1) is 17.7 Å². The highest BCUT2D eigenvalue weighted by molar-refractivity contribution is 5.77. The van der Waals surface area contributed by atoms with Crippen LogP contribution in [-0.2, 0) is 4.79 Å². The number of carbonyl (C=O) groups is 1. The highest BCUT2D eigenvalue weighted by Gasteiger charge is 2.33. The van der Waals surface area contributed by atoms with Gasteiger partial charge in [0.25, 0.3) is 0 Å². The minimum absolute atomic E-state index is 0.147. The van der Waals surface area contributed by atoms with Crippen LogP contribution in [0.1, 0.15) is 37.2 Å². The fraction of sp³-hybridized carbons (Fsp3) is 0.588. The van der Waals surface area contributed by atoms with Crippen LogP contribution >= 0.6 is 0 Å². The van der Waals surface area contributed by atoms with Gasteiger partial charge in [0, 0.05) is 25.4 Å². The molecule has 1 aromatic rings. The van der Waals surface area contributed by atoms with Gasteiger partial charge >= 0.3 is 0 Å². The molecule has 1 atom stereocenters. The average molecular weight is 290 g/mol.